The van der Waals surface area contributed by atoms with E-state index >= 15 is 0 Å². The first kappa shape index (κ1) is 17.4. The van der Waals surface area contributed by atoms with E-state index in [-0.39, 0.29) is 19.5 Å². The van der Waals surface area contributed by atoms with Crippen molar-refractivity contribution >= 4 is 10.2 Å². The molecular formula is C11H20F3N3O2S. The summed E-state index contributed by atoms with van der Waals surface area (Å²) in [4.78, 5) is 0. The zero-order valence-electron chi connectivity index (χ0n) is 11.6. The smallest absolute Gasteiger partial charge is 0.320 e. The second-order valence-electron chi connectivity index (χ2n) is 4.62. The molecule has 0 unspecified atom stereocenters. The quantitative estimate of drug-likeness (QED) is 0.587. The van der Waals surface area contributed by atoms with Gasteiger partial charge in [-0.05, 0) is 26.4 Å². The van der Waals surface area contributed by atoms with Gasteiger partial charge in [0.15, 0.2) is 0 Å². The molecule has 1 aliphatic rings. The number of alkyl halides is 3. The molecule has 20 heavy (non-hydrogen) atoms. The average molecular weight is 315 g/mol. The largest absolute Gasteiger partial charge is 0.412 e. The van der Waals surface area contributed by atoms with Gasteiger partial charge in [0.1, 0.15) is 0 Å². The number of nitrogens with zero attached hydrogens (tertiary/aromatic N) is 2. The van der Waals surface area contributed by atoms with Crippen LogP contribution in [0.1, 0.15) is 12.8 Å². The van der Waals surface area contributed by atoms with Crippen molar-refractivity contribution < 1.29 is 21.6 Å². The summed E-state index contributed by atoms with van der Waals surface area (Å²) in [6, 6.07) is 0. The van der Waals surface area contributed by atoms with Gasteiger partial charge in [0.2, 0.25) is 0 Å². The fourth-order valence-electron chi connectivity index (χ4n) is 1.91. The predicted octanol–water partition coefficient (Wildman–Crippen LogP) is 0.967. The molecule has 0 radical (unpaired) electrons. The fraction of sp³-hybridized carbons (Fsp3) is 0.818. The molecule has 9 heteroatoms. The Morgan fingerprint density at radius 2 is 2.10 bits per heavy atom. The third kappa shape index (κ3) is 4.44. The Morgan fingerprint density at radius 1 is 1.45 bits per heavy atom. The van der Waals surface area contributed by atoms with Gasteiger partial charge in [-0.3, -0.25) is 0 Å². The van der Waals surface area contributed by atoms with Crippen molar-refractivity contribution in [3.05, 3.63) is 11.6 Å². The molecule has 118 valence electrons. The van der Waals surface area contributed by atoms with E-state index in [1.807, 2.05) is 0 Å². The first-order valence-electron chi connectivity index (χ1n) is 6.32. The maximum Gasteiger partial charge on any atom is 0.412 e. The zero-order valence-corrected chi connectivity index (χ0v) is 12.4. The van der Waals surface area contributed by atoms with Crippen LogP contribution in [0.4, 0.5) is 13.2 Å². The molecule has 0 amide bonds. The molecule has 0 bridgehead atoms. The van der Waals surface area contributed by atoms with Crippen molar-refractivity contribution in [3.8, 4) is 0 Å². The van der Waals surface area contributed by atoms with Gasteiger partial charge in [0, 0.05) is 32.3 Å². The second-order valence-corrected chi connectivity index (χ2v) is 6.66. The highest BCUT2D eigenvalue weighted by Gasteiger charge is 2.37. The van der Waals surface area contributed by atoms with Crippen molar-refractivity contribution in [2.75, 3.05) is 40.3 Å². The van der Waals surface area contributed by atoms with Crippen LogP contribution in [0, 0.1) is 0 Å². The molecule has 0 spiro atoms. The van der Waals surface area contributed by atoms with E-state index in [1.165, 1.54) is 11.4 Å². The van der Waals surface area contributed by atoms with E-state index in [1.54, 1.807) is 7.05 Å². The predicted molar refractivity (Wildman–Crippen MR) is 70.4 cm³/mol. The zero-order chi connectivity index (χ0) is 15.4. The lowest BCUT2D eigenvalue weighted by molar-refractivity contribution is -0.0953. The minimum Gasteiger partial charge on any atom is -0.320 e. The second kappa shape index (κ2) is 6.88. The number of nitrogens with one attached hydrogen (secondary N) is 1. The van der Waals surface area contributed by atoms with Crippen LogP contribution < -0.4 is 5.32 Å². The molecule has 0 aromatic carbocycles. The molecule has 5 nitrogen and oxygen atoms in total. The highest BCUT2D eigenvalue weighted by molar-refractivity contribution is 7.86. The molecule has 1 heterocycles. The molecule has 0 aromatic heterocycles. The van der Waals surface area contributed by atoms with Crippen LogP contribution >= 0.6 is 0 Å². The lowest BCUT2D eigenvalue weighted by Crippen LogP contribution is -2.45. The first-order valence-corrected chi connectivity index (χ1v) is 7.71. The van der Waals surface area contributed by atoms with E-state index in [0.717, 1.165) is 10.4 Å². The molecule has 0 aliphatic carbocycles. The lowest BCUT2D eigenvalue weighted by Gasteiger charge is -2.30. The summed E-state index contributed by atoms with van der Waals surface area (Å²) < 4.78 is 64.0. The number of rotatable bonds is 6. The average Bonchev–Trinajstić information content (AvgIpc) is 2.38. The topological polar surface area (TPSA) is 52.7 Å². The summed E-state index contributed by atoms with van der Waals surface area (Å²) in [5.74, 6) is 0. The standard InChI is InChI=1S/C11H20F3N3O2S/c1-15-6-3-7-16(2)20(18,19)17-8-4-10(5-9-17)11(12,13)14/h4,15H,3,5-9H2,1-2H3. The van der Waals surface area contributed by atoms with Gasteiger partial charge in [0.05, 0.1) is 0 Å². The first-order chi connectivity index (χ1) is 9.19. The van der Waals surface area contributed by atoms with Crippen LogP contribution in [0.15, 0.2) is 11.6 Å². The third-order valence-corrected chi connectivity index (χ3v) is 5.11. The normalized spacial score (nSPS) is 18.4. The fourth-order valence-corrected chi connectivity index (χ4v) is 3.25. The van der Waals surface area contributed by atoms with Crippen molar-refractivity contribution in [2.45, 2.75) is 19.0 Å². The van der Waals surface area contributed by atoms with Crippen molar-refractivity contribution in [2.24, 2.45) is 0 Å². The maximum absolute atomic E-state index is 12.5. The van der Waals surface area contributed by atoms with Gasteiger partial charge in [-0.2, -0.15) is 30.2 Å². The molecular weight excluding hydrogens is 295 g/mol. The van der Waals surface area contributed by atoms with E-state index in [0.29, 0.717) is 19.5 Å². The number of hydrogen-bond acceptors (Lipinski definition) is 3. The Balaban J connectivity index is 2.65. The Bertz CT molecular complexity index is 448. The van der Waals surface area contributed by atoms with E-state index in [4.69, 9.17) is 0 Å². The Morgan fingerprint density at radius 3 is 2.55 bits per heavy atom. The van der Waals surface area contributed by atoms with Crippen LogP contribution in [0.5, 0.6) is 0 Å². The molecule has 1 rings (SSSR count). The van der Waals surface area contributed by atoms with Crippen molar-refractivity contribution in [1.82, 2.24) is 13.9 Å². The Labute approximate surface area is 117 Å². The summed E-state index contributed by atoms with van der Waals surface area (Å²) in [5, 5.41) is 2.91. The molecule has 1 N–H and O–H groups in total. The molecule has 0 aromatic rings. The van der Waals surface area contributed by atoms with Gasteiger partial charge < -0.3 is 5.32 Å². The van der Waals surface area contributed by atoms with Crippen LogP contribution in [0.25, 0.3) is 0 Å². The molecule has 0 saturated carbocycles. The Hall–Kier alpha value is -0.640. The number of halogens is 3. The highest BCUT2D eigenvalue weighted by atomic mass is 32.2. The summed E-state index contributed by atoms with van der Waals surface area (Å²) in [6.45, 7) is 0.644. The van der Waals surface area contributed by atoms with Gasteiger partial charge in [-0.15, -0.1) is 0 Å². The minimum atomic E-state index is -4.37. The monoisotopic (exact) mass is 315 g/mol. The highest BCUT2D eigenvalue weighted by Crippen LogP contribution is 2.30. The molecule has 1 aliphatic heterocycles. The van der Waals surface area contributed by atoms with E-state index in [9.17, 15) is 21.6 Å². The van der Waals surface area contributed by atoms with Gasteiger partial charge in [0.25, 0.3) is 10.2 Å². The van der Waals surface area contributed by atoms with Crippen molar-refractivity contribution in [3.63, 3.8) is 0 Å². The summed E-state index contributed by atoms with van der Waals surface area (Å²) in [7, 11) is -0.480. The minimum absolute atomic E-state index is 0.135. The molecule has 0 saturated heterocycles. The summed E-state index contributed by atoms with van der Waals surface area (Å²) in [6.07, 6.45) is -3.08. The van der Waals surface area contributed by atoms with Crippen LogP contribution in [-0.2, 0) is 10.2 Å². The number of hydrogen-bond donors (Lipinski definition) is 1. The SMILES string of the molecule is CNCCCN(C)S(=O)(=O)N1CC=C(C(F)(F)F)CC1. The maximum atomic E-state index is 12.5. The van der Waals surface area contributed by atoms with Crippen LogP contribution in [0.2, 0.25) is 0 Å². The third-order valence-electron chi connectivity index (χ3n) is 3.16. The Kier molecular flexibility index (Phi) is 5.99. The molecule has 0 fully saturated rings. The van der Waals surface area contributed by atoms with Gasteiger partial charge >= 0.3 is 6.18 Å². The van der Waals surface area contributed by atoms with Crippen molar-refractivity contribution in [1.29, 1.82) is 0 Å². The van der Waals surface area contributed by atoms with Crippen LogP contribution in [-0.4, -0.2) is 63.5 Å². The summed E-state index contributed by atoms with van der Waals surface area (Å²) >= 11 is 0. The van der Waals surface area contributed by atoms with Gasteiger partial charge in [-0.25, -0.2) is 0 Å². The molecule has 0 atom stereocenters. The van der Waals surface area contributed by atoms with E-state index in [2.05, 4.69) is 5.32 Å². The van der Waals surface area contributed by atoms with Crippen LogP contribution in [0.3, 0.4) is 0 Å². The lowest BCUT2D eigenvalue weighted by atomic mass is 10.1. The van der Waals surface area contributed by atoms with E-state index < -0.39 is 22.0 Å². The summed E-state index contributed by atoms with van der Waals surface area (Å²) in [5.41, 5.74) is -0.651. The van der Waals surface area contributed by atoms with Gasteiger partial charge in [-0.1, -0.05) is 6.08 Å².